The number of carbonyl (C=O) groups excluding carboxylic acids is 1. The first-order chi connectivity index (χ1) is 8.28. The van der Waals surface area contributed by atoms with Crippen LogP contribution in [-0.2, 0) is 4.79 Å². The summed E-state index contributed by atoms with van der Waals surface area (Å²) in [6.07, 6.45) is -2.83. The molecule has 5 nitrogen and oxygen atoms in total. The smallest absolute Gasteiger partial charge is 0.401 e. The number of carbonyl (C=O) groups is 1. The molecule has 0 aliphatic heterocycles. The van der Waals surface area contributed by atoms with Crippen molar-refractivity contribution in [2.75, 3.05) is 13.1 Å². The first-order valence-corrected chi connectivity index (χ1v) is 5.27. The number of aromatic nitrogens is 1. The number of rotatable bonds is 5. The van der Waals surface area contributed by atoms with Crippen molar-refractivity contribution in [3.8, 4) is 0 Å². The predicted molar refractivity (Wildman–Crippen MR) is 56.7 cm³/mol. The number of nitrogens with one attached hydrogen (secondary N) is 2. The Morgan fingerprint density at radius 1 is 1.56 bits per heavy atom. The minimum atomic E-state index is -4.33. The van der Waals surface area contributed by atoms with Crippen LogP contribution in [0.15, 0.2) is 10.6 Å². The van der Waals surface area contributed by atoms with Gasteiger partial charge in [-0.15, -0.1) is 0 Å². The van der Waals surface area contributed by atoms with Gasteiger partial charge in [-0.2, -0.15) is 13.2 Å². The van der Waals surface area contributed by atoms with Gasteiger partial charge in [0.2, 0.25) is 11.8 Å². The van der Waals surface area contributed by atoms with Crippen molar-refractivity contribution in [3.63, 3.8) is 0 Å². The highest BCUT2D eigenvalue weighted by atomic mass is 19.4. The SMILES string of the molecule is Cc1cnc(C(C)NC(=O)CNCC(F)(F)F)o1. The normalized spacial score (nSPS) is 13.4. The number of aryl methyl sites for hydroxylation is 1. The highest BCUT2D eigenvalue weighted by Gasteiger charge is 2.26. The van der Waals surface area contributed by atoms with E-state index in [1.165, 1.54) is 6.20 Å². The average molecular weight is 265 g/mol. The Hall–Kier alpha value is -1.57. The van der Waals surface area contributed by atoms with Crippen molar-refractivity contribution in [2.24, 2.45) is 0 Å². The molecule has 1 unspecified atom stereocenters. The van der Waals surface area contributed by atoms with Gasteiger partial charge in [-0.25, -0.2) is 4.98 Å². The minimum Gasteiger partial charge on any atom is -0.444 e. The molecule has 0 aliphatic carbocycles. The fourth-order valence-electron chi connectivity index (χ4n) is 1.24. The quantitative estimate of drug-likeness (QED) is 0.842. The Morgan fingerprint density at radius 3 is 2.72 bits per heavy atom. The van der Waals surface area contributed by atoms with Gasteiger partial charge in [-0.3, -0.25) is 4.79 Å². The number of halogens is 3. The molecule has 8 heteroatoms. The summed E-state index contributed by atoms with van der Waals surface area (Å²) in [6, 6.07) is -0.487. The third-order valence-corrected chi connectivity index (χ3v) is 2.00. The van der Waals surface area contributed by atoms with Crippen LogP contribution in [0, 0.1) is 6.92 Å². The Kier molecular flexibility index (Phi) is 4.71. The number of oxazole rings is 1. The van der Waals surface area contributed by atoms with E-state index in [-0.39, 0.29) is 0 Å². The Balaban J connectivity index is 2.32. The second kappa shape index (κ2) is 5.85. The first-order valence-electron chi connectivity index (χ1n) is 5.27. The maximum absolute atomic E-state index is 11.8. The lowest BCUT2D eigenvalue weighted by Gasteiger charge is -2.11. The van der Waals surface area contributed by atoms with E-state index in [4.69, 9.17) is 4.42 Å². The van der Waals surface area contributed by atoms with Gasteiger partial charge in [0.25, 0.3) is 0 Å². The lowest BCUT2D eigenvalue weighted by Crippen LogP contribution is -2.39. The van der Waals surface area contributed by atoms with Crippen LogP contribution in [0.5, 0.6) is 0 Å². The molecule has 1 aromatic heterocycles. The standard InChI is InChI=1S/C10H14F3N3O2/c1-6-3-15-9(18-6)7(2)16-8(17)4-14-5-10(11,12)13/h3,7,14H,4-5H2,1-2H3,(H,16,17). The van der Waals surface area contributed by atoms with E-state index in [1.54, 1.807) is 13.8 Å². The monoisotopic (exact) mass is 265 g/mol. The first kappa shape index (κ1) is 14.5. The van der Waals surface area contributed by atoms with Crippen LogP contribution in [0.1, 0.15) is 24.6 Å². The van der Waals surface area contributed by atoms with Crippen molar-refractivity contribution in [3.05, 3.63) is 17.8 Å². The van der Waals surface area contributed by atoms with E-state index in [0.29, 0.717) is 11.7 Å². The van der Waals surface area contributed by atoms with Crippen LogP contribution in [-0.4, -0.2) is 30.2 Å². The summed E-state index contributed by atoms with van der Waals surface area (Å²) in [4.78, 5) is 15.2. The fourth-order valence-corrected chi connectivity index (χ4v) is 1.24. The number of hydrogen-bond acceptors (Lipinski definition) is 4. The summed E-state index contributed by atoms with van der Waals surface area (Å²) in [5.41, 5.74) is 0. The molecule has 102 valence electrons. The van der Waals surface area contributed by atoms with Gasteiger partial charge in [0, 0.05) is 0 Å². The summed E-state index contributed by atoms with van der Waals surface area (Å²) in [6.45, 7) is 1.72. The van der Waals surface area contributed by atoms with Gasteiger partial charge in [0.05, 0.1) is 19.3 Å². The van der Waals surface area contributed by atoms with Gasteiger partial charge in [-0.1, -0.05) is 0 Å². The maximum atomic E-state index is 11.8. The Labute approximate surface area is 102 Å². The van der Waals surface area contributed by atoms with E-state index in [0.717, 1.165) is 0 Å². The van der Waals surface area contributed by atoms with E-state index < -0.39 is 31.2 Å². The van der Waals surface area contributed by atoms with Crippen molar-refractivity contribution in [1.29, 1.82) is 0 Å². The molecule has 2 N–H and O–H groups in total. The van der Waals surface area contributed by atoms with Gasteiger partial charge in [0.1, 0.15) is 11.8 Å². The summed E-state index contributed by atoms with van der Waals surface area (Å²) in [7, 11) is 0. The number of amides is 1. The third kappa shape index (κ3) is 5.17. The van der Waals surface area contributed by atoms with Crippen molar-refractivity contribution >= 4 is 5.91 Å². The van der Waals surface area contributed by atoms with Crippen LogP contribution in [0.2, 0.25) is 0 Å². The molecule has 1 atom stereocenters. The molecule has 0 saturated heterocycles. The highest BCUT2D eigenvalue weighted by molar-refractivity contribution is 5.78. The van der Waals surface area contributed by atoms with Gasteiger partial charge < -0.3 is 15.1 Å². The largest absolute Gasteiger partial charge is 0.444 e. The zero-order valence-electron chi connectivity index (χ0n) is 9.97. The molecule has 0 spiro atoms. The van der Waals surface area contributed by atoms with Crippen LogP contribution in [0.3, 0.4) is 0 Å². The molecule has 1 heterocycles. The highest BCUT2D eigenvalue weighted by Crippen LogP contribution is 2.12. The number of hydrogen-bond donors (Lipinski definition) is 2. The predicted octanol–water partition coefficient (Wildman–Crippen LogP) is 1.31. The third-order valence-electron chi connectivity index (χ3n) is 2.00. The zero-order valence-corrected chi connectivity index (χ0v) is 9.97. The lowest BCUT2D eigenvalue weighted by atomic mass is 10.3. The molecule has 0 bridgehead atoms. The molecule has 0 fully saturated rings. The van der Waals surface area contributed by atoms with E-state index >= 15 is 0 Å². The van der Waals surface area contributed by atoms with Crippen LogP contribution in [0.25, 0.3) is 0 Å². The number of alkyl halides is 3. The summed E-state index contributed by atoms with van der Waals surface area (Å²) in [5.74, 6) is 0.362. The zero-order chi connectivity index (χ0) is 13.8. The molecule has 1 rings (SSSR count). The van der Waals surface area contributed by atoms with E-state index in [2.05, 4.69) is 10.3 Å². The van der Waals surface area contributed by atoms with Crippen molar-refractivity contribution in [1.82, 2.24) is 15.6 Å². The number of nitrogens with zero attached hydrogens (tertiary/aromatic N) is 1. The van der Waals surface area contributed by atoms with E-state index in [9.17, 15) is 18.0 Å². The van der Waals surface area contributed by atoms with Crippen molar-refractivity contribution in [2.45, 2.75) is 26.1 Å². The topological polar surface area (TPSA) is 67.2 Å². The lowest BCUT2D eigenvalue weighted by molar-refractivity contribution is -0.128. The maximum Gasteiger partial charge on any atom is 0.401 e. The van der Waals surface area contributed by atoms with E-state index in [1.807, 2.05) is 5.32 Å². The fraction of sp³-hybridized carbons (Fsp3) is 0.600. The molecular formula is C10H14F3N3O2. The molecular weight excluding hydrogens is 251 g/mol. The molecule has 0 aromatic carbocycles. The summed E-state index contributed by atoms with van der Waals surface area (Å²) < 4.78 is 40.6. The second-order valence-electron chi connectivity index (χ2n) is 3.82. The average Bonchev–Trinajstić information content (AvgIpc) is 2.62. The summed E-state index contributed by atoms with van der Waals surface area (Å²) in [5, 5.41) is 4.47. The van der Waals surface area contributed by atoms with Gasteiger partial charge >= 0.3 is 6.18 Å². The van der Waals surface area contributed by atoms with Crippen molar-refractivity contribution < 1.29 is 22.4 Å². The Morgan fingerprint density at radius 2 is 2.22 bits per heavy atom. The molecule has 0 radical (unpaired) electrons. The molecule has 18 heavy (non-hydrogen) atoms. The molecule has 1 aromatic rings. The molecule has 1 amide bonds. The summed E-state index contributed by atoms with van der Waals surface area (Å²) >= 11 is 0. The molecule has 0 saturated carbocycles. The van der Waals surface area contributed by atoms with Gasteiger partial charge in [-0.05, 0) is 13.8 Å². The van der Waals surface area contributed by atoms with Gasteiger partial charge in [0.15, 0.2) is 0 Å². The van der Waals surface area contributed by atoms with Crippen LogP contribution in [0.4, 0.5) is 13.2 Å². The van der Waals surface area contributed by atoms with Crippen LogP contribution < -0.4 is 10.6 Å². The Bertz CT molecular complexity index is 403. The van der Waals surface area contributed by atoms with Crippen LogP contribution >= 0.6 is 0 Å². The second-order valence-corrected chi connectivity index (χ2v) is 3.82. The minimum absolute atomic E-state index is 0.316. The molecule has 0 aliphatic rings.